The van der Waals surface area contributed by atoms with Crippen LogP contribution in [0.25, 0.3) is 0 Å². The molecule has 0 spiro atoms. The van der Waals surface area contributed by atoms with Gasteiger partial charge >= 0.3 is 0 Å². The molecule has 17 heavy (non-hydrogen) atoms. The van der Waals surface area contributed by atoms with Crippen molar-refractivity contribution in [3.63, 3.8) is 0 Å². The van der Waals surface area contributed by atoms with E-state index in [0.29, 0.717) is 0 Å². The third-order valence-corrected chi connectivity index (χ3v) is 5.58. The average Bonchev–Trinajstić information content (AvgIpc) is 2.70. The van der Waals surface area contributed by atoms with Crippen molar-refractivity contribution in [2.75, 3.05) is 39.3 Å². The van der Waals surface area contributed by atoms with Crippen LogP contribution >= 0.6 is 27.3 Å². The van der Waals surface area contributed by atoms with Crippen LogP contribution in [-0.4, -0.2) is 55.1 Å². The SMILES string of the molecule is Brc1ccsc1CN1CC(N2CCNCC2)C1. The van der Waals surface area contributed by atoms with Crippen molar-refractivity contribution in [1.82, 2.24) is 15.1 Å². The number of hydrogen-bond donors (Lipinski definition) is 1. The zero-order valence-corrected chi connectivity index (χ0v) is 12.3. The van der Waals surface area contributed by atoms with E-state index in [1.165, 1.54) is 35.5 Å². The Kier molecular flexibility index (Phi) is 3.82. The summed E-state index contributed by atoms with van der Waals surface area (Å²) in [6.45, 7) is 8.36. The molecule has 0 unspecified atom stereocenters. The molecule has 0 saturated carbocycles. The van der Waals surface area contributed by atoms with Crippen molar-refractivity contribution >= 4 is 27.3 Å². The van der Waals surface area contributed by atoms with Gasteiger partial charge in [0, 0.05) is 61.2 Å². The highest BCUT2D eigenvalue weighted by atomic mass is 79.9. The lowest BCUT2D eigenvalue weighted by atomic mass is 10.1. The molecule has 3 rings (SSSR count). The summed E-state index contributed by atoms with van der Waals surface area (Å²) >= 11 is 5.46. The van der Waals surface area contributed by atoms with Crippen LogP contribution in [0.15, 0.2) is 15.9 Å². The fraction of sp³-hybridized carbons (Fsp3) is 0.667. The molecular formula is C12H18BrN3S. The lowest BCUT2D eigenvalue weighted by Crippen LogP contribution is -2.62. The Morgan fingerprint density at radius 2 is 2.12 bits per heavy atom. The molecule has 3 heterocycles. The lowest BCUT2D eigenvalue weighted by Gasteiger charge is -2.46. The van der Waals surface area contributed by atoms with Gasteiger partial charge in [-0.05, 0) is 27.4 Å². The van der Waals surface area contributed by atoms with Gasteiger partial charge in [-0.3, -0.25) is 9.80 Å². The van der Waals surface area contributed by atoms with Gasteiger partial charge in [0.25, 0.3) is 0 Å². The predicted octanol–water partition coefficient (Wildman–Crippen LogP) is 1.60. The first-order valence-corrected chi connectivity index (χ1v) is 7.89. The zero-order valence-electron chi connectivity index (χ0n) is 9.86. The molecule has 1 N–H and O–H groups in total. The second kappa shape index (κ2) is 5.36. The molecule has 1 aromatic rings. The Morgan fingerprint density at radius 3 is 2.76 bits per heavy atom. The fourth-order valence-corrected chi connectivity index (χ4v) is 4.11. The molecule has 0 amide bonds. The van der Waals surface area contributed by atoms with Crippen LogP contribution in [0.4, 0.5) is 0 Å². The number of piperazine rings is 1. The van der Waals surface area contributed by atoms with Crippen LogP contribution in [0, 0.1) is 0 Å². The van der Waals surface area contributed by atoms with Gasteiger partial charge in [-0.2, -0.15) is 0 Å². The highest BCUT2D eigenvalue weighted by molar-refractivity contribution is 9.10. The predicted molar refractivity (Wildman–Crippen MR) is 75.5 cm³/mol. The van der Waals surface area contributed by atoms with E-state index in [4.69, 9.17) is 0 Å². The van der Waals surface area contributed by atoms with Crippen molar-refractivity contribution in [2.45, 2.75) is 12.6 Å². The van der Waals surface area contributed by atoms with Gasteiger partial charge in [-0.25, -0.2) is 0 Å². The number of nitrogens with one attached hydrogen (secondary N) is 1. The molecule has 0 aromatic carbocycles. The number of nitrogens with zero attached hydrogens (tertiary/aromatic N) is 2. The Bertz CT molecular complexity index is 370. The van der Waals surface area contributed by atoms with Gasteiger partial charge in [-0.15, -0.1) is 11.3 Å². The maximum atomic E-state index is 3.60. The Balaban J connectivity index is 1.46. The molecule has 0 atom stereocenters. The molecule has 5 heteroatoms. The van der Waals surface area contributed by atoms with Crippen LogP contribution < -0.4 is 5.32 Å². The largest absolute Gasteiger partial charge is 0.314 e. The standard InChI is InChI=1S/C12H18BrN3S/c13-11-1-6-17-12(11)9-15-7-10(8-15)16-4-2-14-3-5-16/h1,6,10,14H,2-5,7-9H2. The van der Waals surface area contributed by atoms with Gasteiger partial charge in [0.05, 0.1) is 0 Å². The minimum atomic E-state index is 0.802. The summed E-state index contributed by atoms with van der Waals surface area (Å²) in [6.07, 6.45) is 0. The van der Waals surface area contributed by atoms with E-state index in [-0.39, 0.29) is 0 Å². The van der Waals surface area contributed by atoms with E-state index < -0.39 is 0 Å². The molecular weight excluding hydrogens is 298 g/mol. The second-order valence-electron chi connectivity index (χ2n) is 4.83. The van der Waals surface area contributed by atoms with Crippen molar-refractivity contribution in [3.05, 3.63) is 20.8 Å². The highest BCUT2D eigenvalue weighted by Gasteiger charge is 2.32. The molecule has 2 aliphatic rings. The molecule has 1 aromatic heterocycles. The number of rotatable bonds is 3. The molecule has 2 aliphatic heterocycles. The summed E-state index contributed by atoms with van der Waals surface area (Å²) in [6, 6.07) is 2.95. The van der Waals surface area contributed by atoms with E-state index in [9.17, 15) is 0 Å². The van der Waals surface area contributed by atoms with Crippen LogP contribution in [0.1, 0.15) is 4.88 Å². The Morgan fingerprint density at radius 1 is 1.35 bits per heavy atom. The Labute approximate surface area is 115 Å². The van der Waals surface area contributed by atoms with Crippen LogP contribution in [-0.2, 0) is 6.54 Å². The minimum Gasteiger partial charge on any atom is -0.314 e. The number of hydrogen-bond acceptors (Lipinski definition) is 4. The zero-order chi connectivity index (χ0) is 11.7. The first-order valence-electron chi connectivity index (χ1n) is 6.22. The second-order valence-corrected chi connectivity index (χ2v) is 6.68. The van der Waals surface area contributed by atoms with Gasteiger partial charge in [0.2, 0.25) is 0 Å². The molecule has 0 aliphatic carbocycles. The van der Waals surface area contributed by atoms with Gasteiger partial charge in [0.1, 0.15) is 0 Å². The summed E-state index contributed by atoms with van der Waals surface area (Å²) in [5.41, 5.74) is 0. The number of halogens is 1. The van der Waals surface area contributed by atoms with Crippen LogP contribution in [0.5, 0.6) is 0 Å². The monoisotopic (exact) mass is 315 g/mol. The topological polar surface area (TPSA) is 18.5 Å². The Hall–Kier alpha value is 0.0600. The van der Waals surface area contributed by atoms with Crippen molar-refractivity contribution < 1.29 is 0 Å². The molecule has 0 radical (unpaired) electrons. The van der Waals surface area contributed by atoms with E-state index >= 15 is 0 Å². The number of likely N-dealkylation sites (tertiary alicyclic amines) is 1. The van der Waals surface area contributed by atoms with E-state index in [0.717, 1.165) is 25.7 Å². The molecule has 2 saturated heterocycles. The maximum Gasteiger partial charge on any atom is 0.0351 e. The summed E-state index contributed by atoms with van der Waals surface area (Å²) in [7, 11) is 0. The van der Waals surface area contributed by atoms with Gasteiger partial charge in [0.15, 0.2) is 0 Å². The maximum absolute atomic E-state index is 3.60. The quantitative estimate of drug-likeness (QED) is 0.914. The summed E-state index contributed by atoms with van der Waals surface area (Å²) < 4.78 is 1.27. The molecule has 94 valence electrons. The summed E-state index contributed by atoms with van der Waals surface area (Å²) in [4.78, 5) is 6.64. The van der Waals surface area contributed by atoms with Crippen molar-refractivity contribution in [3.8, 4) is 0 Å². The first kappa shape index (κ1) is 12.1. The summed E-state index contributed by atoms with van der Waals surface area (Å²) in [5.74, 6) is 0. The molecule has 3 nitrogen and oxygen atoms in total. The third-order valence-electron chi connectivity index (χ3n) is 3.66. The van der Waals surface area contributed by atoms with Gasteiger partial charge < -0.3 is 5.32 Å². The molecule has 0 bridgehead atoms. The van der Waals surface area contributed by atoms with Crippen molar-refractivity contribution in [1.29, 1.82) is 0 Å². The van der Waals surface area contributed by atoms with Crippen molar-refractivity contribution in [2.24, 2.45) is 0 Å². The normalized spacial score (nSPS) is 23.8. The average molecular weight is 316 g/mol. The van der Waals surface area contributed by atoms with E-state index in [1.807, 2.05) is 11.3 Å². The van der Waals surface area contributed by atoms with Crippen LogP contribution in [0.2, 0.25) is 0 Å². The fourth-order valence-electron chi connectivity index (χ4n) is 2.59. The van der Waals surface area contributed by atoms with Crippen LogP contribution in [0.3, 0.4) is 0 Å². The third kappa shape index (κ3) is 2.74. The smallest absolute Gasteiger partial charge is 0.0351 e. The van der Waals surface area contributed by atoms with E-state index in [1.54, 1.807) is 0 Å². The first-order chi connectivity index (χ1) is 8.33. The number of thiophene rings is 1. The molecule has 2 fully saturated rings. The highest BCUT2D eigenvalue weighted by Crippen LogP contribution is 2.26. The lowest BCUT2D eigenvalue weighted by molar-refractivity contribution is 0.0228. The van der Waals surface area contributed by atoms with E-state index in [2.05, 4.69) is 42.5 Å². The summed E-state index contributed by atoms with van der Waals surface area (Å²) in [5, 5.41) is 5.57. The minimum absolute atomic E-state index is 0.802. The van der Waals surface area contributed by atoms with Gasteiger partial charge in [-0.1, -0.05) is 0 Å².